The lowest BCUT2D eigenvalue weighted by molar-refractivity contribution is -0.133. The molecule has 2 heterocycles. The maximum absolute atomic E-state index is 13.8. The van der Waals surface area contributed by atoms with Crippen molar-refractivity contribution >= 4 is 28.7 Å². The first-order chi connectivity index (χ1) is 20.2. The van der Waals surface area contributed by atoms with Crippen LogP contribution in [-0.4, -0.2) is 43.9 Å². The summed E-state index contributed by atoms with van der Waals surface area (Å²) >= 11 is 0. The maximum atomic E-state index is 13.8. The molecule has 9 nitrogen and oxygen atoms in total. The molecule has 6 rings (SSSR count). The SMILES string of the molecule is O=C(Nc1ncnc2c1ncn2C1CC(COCc2ccccc2)C(OCc2ccccc2)C1=O)c1ccccc1. The molecule has 0 radical (unpaired) electrons. The molecule has 1 saturated carbocycles. The number of hydrogen-bond acceptors (Lipinski definition) is 7. The second-order valence-corrected chi connectivity index (χ2v) is 10.00. The minimum atomic E-state index is -0.646. The molecule has 3 unspecified atom stereocenters. The molecular formula is C32H29N5O4. The quantitative estimate of drug-likeness (QED) is 0.262. The van der Waals surface area contributed by atoms with Crippen LogP contribution in [0.15, 0.2) is 104 Å². The first-order valence-electron chi connectivity index (χ1n) is 13.5. The van der Waals surface area contributed by atoms with Crippen LogP contribution >= 0.6 is 0 Å². The summed E-state index contributed by atoms with van der Waals surface area (Å²) in [6, 6.07) is 28.1. The van der Waals surface area contributed by atoms with Gasteiger partial charge in [-0.2, -0.15) is 0 Å². The van der Waals surface area contributed by atoms with E-state index < -0.39 is 12.1 Å². The van der Waals surface area contributed by atoms with Crippen molar-refractivity contribution in [2.45, 2.75) is 31.8 Å². The average Bonchev–Trinajstić information content (AvgIpc) is 3.58. The third-order valence-electron chi connectivity index (χ3n) is 7.24. The number of fused-ring (bicyclic) bond motifs is 1. The molecule has 1 aliphatic rings. The van der Waals surface area contributed by atoms with Crippen LogP contribution in [0.5, 0.6) is 0 Å². The predicted molar refractivity (Wildman–Crippen MR) is 153 cm³/mol. The summed E-state index contributed by atoms with van der Waals surface area (Å²) < 4.78 is 14.0. The predicted octanol–water partition coefficient (Wildman–Crippen LogP) is 5.01. The Morgan fingerprint density at radius 2 is 1.51 bits per heavy atom. The van der Waals surface area contributed by atoms with Crippen molar-refractivity contribution < 1.29 is 19.1 Å². The normalized spacial score (nSPS) is 18.5. The van der Waals surface area contributed by atoms with Crippen LogP contribution in [-0.2, 0) is 27.5 Å². The van der Waals surface area contributed by atoms with Gasteiger partial charge < -0.3 is 19.4 Å². The lowest BCUT2D eigenvalue weighted by Crippen LogP contribution is -2.29. The van der Waals surface area contributed by atoms with E-state index in [-0.39, 0.29) is 23.4 Å². The van der Waals surface area contributed by atoms with Gasteiger partial charge in [0.2, 0.25) is 0 Å². The van der Waals surface area contributed by atoms with Gasteiger partial charge in [0.05, 0.1) is 32.2 Å². The average molecular weight is 548 g/mol. The number of imidazole rings is 1. The first kappa shape index (κ1) is 26.5. The van der Waals surface area contributed by atoms with Gasteiger partial charge in [-0.25, -0.2) is 15.0 Å². The number of Topliss-reactive ketones (excluding diaryl/α,β-unsaturated/α-hetero) is 1. The molecule has 1 amide bonds. The Morgan fingerprint density at radius 1 is 0.854 bits per heavy atom. The fraction of sp³-hybridized carbons (Fsp3) is 0.219. The molecule has 5 aromatic rings. The van der Waals surface area contributed by atoms with Crippen LogP contribution in [0.2, 0.25) is 0 Å². The van der Waals surface area contributed by atoms with Gasteiger partial charge in [-0.3, -0.25) is 9.59 Å². The third-order valence-corrected chi connectivity index (χ3v) is 7.24. The van der Waals surface area contributed by atoms with E-state index in [9.17, 15) is 9.59 Å². The zero-order valence-corrected chi connectivity index (χ0v) is 22.3. The van der Waals surface area contributed by atoms with E-state index in [0.717, 1.165) is 11.1 Å². The molecule has 9 heteroatoms. The smallest absolute Gasteiger partial charge is 0.256 e. The van der Waals surface area contributed by atoms with Crippen LogP contribution in [0.25, 0.3) is 11.2 Å². The van der Waals surface area contributed by atoms with E-state index in [1.807, 2.05) is 66.7 Å². The molecule has 1 aliphatic carbocycles. The highest BCUT2D eigenvalue weighted by Gasteiger charge is 2.44. The van der Waals surface area contributed by atoms with Gasteiger partial charge >= 0.3 is 0 Å². The van der Waals surface area contributed by atoms with Crippen LogP contribution in [0, 0.1) is 5.92 Å². The number of amides is 1. The summed E-state index contributed by atoms with van der Waals surface area (Å²) in [5, 5.41) is 2.82. The number of ketones is 1. The number of benzene rings is 3. The Bertz CT molecular complexity index is 1630. The van der Waals surface area contributed by atoms with E-state index >= 15 is 0 Å². The zero-order chi connectivity index (χ0) is 28.0. The molecule has 1 fully saturated rings. The summed E-state index contributed by atoms with van der Waals surface area (Å²) in [5.41, 5.74) is 3.44. The van der Waals surface area contributed by atoms with Crippen LogP contribution < -0.4 is 5.32 Å². The molecule has 3 aromatic carbocycles. The number of anilines is 1. The fourth-order valence-corrected chi connectivity index (χ4v) is 5.18. The number of ether oxygens (including phenoxy) is 2. The summed E-state index contributed by atoms with van der Waals surface area (Å²) in [6.45, 7) is 1.14. The molecule has 1 N–H and O–H groups in total. The van der Waals surface area contributed by atoms with E-state index in [2.05, 4.69) is 20.3 Å². The number of nitrogens with one attached hydrogen (secondary N) is 1. The van der Waals surface area contributed by atoms with Gasteiger partial charge in [-0.1, -0.05) is 78.9 Å². The summed E-state index contributed by atoms with van der Waals surface area (Å²) in [5.74, 6) is -0.228. The molecule has 0 aliphatic heterocycles. The summed E-state index contributed by atoms with van der Waals surface area (Å²) in [4.78, 5) is 39.7. The highest BCUT2D eigenvalue weighted by atomic mass is 16.5. The van der Waals surface area contributed by atoms with Crippen molar-refractivity contribution in [1.29, 1.82) is 0 Å². The van der Waals surface area contributed by atoms with Crippen molar-refractivity contribution in [3.63, 3.8) is 0 Å². The number of carbonyl (C=O) groups is 2. The lowest BCUT2D eigenvalue weighted by atomic mass is 10.1. The van der Waals surface area contributed by atoms with Gasteiger partial charge in [-0.05, 0) is 29.7 Å². The van der Waals surface area contributed by atoms with Crippen molar-refractivity contribution in [1.82, 2.24) is 19.5 Å². The van der Waals surface area contributed by atoms with Gasteiger partial charge in [0.25, 0.3) is 5.91 Å². The Balaban J connectivity index is 1.22. The Kier molecular flexibility index (Phi) is 7.88. The fourth-order valence-electron chi connectivity index (χ4n) is 5.18. The second kappa shape index (κ2) is 12.2. The monoisotopic (exact) mass is 547 g/mol. The maximum Gasteiger partial charge on any atom is 0.256 e. The molecule has 3 atom stereocenters. The van der Waals surface area contributed by atoms with Crippen molar-refractivity contribution in [2.24, 2.45) is 5.92 Å². The van der Waals surface area contributed by atoms with Gasteiger partial charge in [0.1, 0.15) is 12.4 Å². The summed E-state index contributed by atoms with van der Waals surface area (Å²) in [7, 11) is 0. The van der Waals surface area contributed by atoms with Crippen molar-refractivity contribution in [3.05, 3.63) is 120 Å². The summed E-state index contributed by atoms with van der Waals surface area (Å²) in [6.07, 6.45) is 2.81. The Labute approximate surface area is 237 Å². The largest absolute Gasteiger partial charge is 0.376 e. The molecular weight excluding hydrogens is 518 g/mol. The highest BCUT2D eigenvalue weighted by Crippen LogP contribution is 2.37. The lowest BCUT2D eigenvalue weighted by Gasteiger charge is -2.19. The molecule has 0 spiro atoms. The van der Waals surface area contributed by atoms with E-state index in [0.29, 0.717) is 43.0 Å². The topological polar surface area (TPSA) is 108 Å². The van der Waals surface area contributed by atoms with E-state index in [1.54, 1.807) is 35.2 Å². The number of nitrogens with zero attached hydrogens (tertiary/aromatic N) is 4. The van der Waals surface area contributed by atoms with E-state index in [4.69, 9.17) is 9.47 Å². The molecule has 0 bridgehead atoms. The van der Waals surface area contributed by atoms with Gasteiger partial charge in [-0.15, -0.1) is 0 Å². The highest BCUT2D eigenvalue weighted by molar-refractivity contribution is 6.06. The van der Waals surface area contributed by atoms with Crippen molar-refractivity contribution in [3.8, 4) is 0 Å². The second-order valence-electron chi connectivity index (χ2n) is 10.00. The number of aromatic nitrogens is 4. The molecule has 0 saturated heterocycles. The number of hydrogen-bond donors (Lipinski definition) is 1. The third kappa shape index (κ3) is 5.91. The van der Waals surface area contributed by atoms with Crippen molar-refractivity contribution in [2.75, 3.05) is 11.9 Å². The van der Waals surface area contributed by atoms with Crippen LogP contribution in [0.4, 0.5) is 5.82 Å². The standard InChI is InChI=1S/C32H29N5O4/c38-28-26(37-21-35-27-30(33-20-34-31(27)37)36-32(39)24-14-8-3-9-15-24)16-25(19-40-17-22-10-4-1-5-11-22)29(28)41-18-23-12-6-2-7-13-23/h1-15,20-21,25-26,29H,16-19H2,(H,33,34,36,39). The van der Waals surface area contributed by atoms with Crippen LogP contribution in [0.3, 0.4) is 0 Å². The first-order valence-corrected chi connectivity index (χ1v) is 13.5. The van der Waals surface area contributed by atoms with Crippen LogP contribution in [0.1, 0.15) is 33.9 Å². The van der Waals surface area contributed by atoms with Gasteiger partial charge in [0, 0.05) is 11.5 Å². The minimum absolute atomic E-state index is 0.0537. The molecule has 41 heavy (non-hydrogen) atoms. The Hall–Kier alpha value is -4.73. The number of carbonyl (C=O) groups excluding carboxylic acids is 2. The zero-order valence-electron chi connectivity index (χ0n) is 22.3. The number of rotatable bonds is 10. The Morgan fingerprint density at radius 3 is 2.22 bits per heavy atom. The molecule has 2 aromatic heterocycles. The van der Waals surface area contributed by atoms with E-state index in [1.165, 1.54) is 6.33 Å². The minimum Gasteiger partial charge on any atom is -0.376 e. The van der Waals surface area contributed by atoms with Gasteiger partial charge in [0.15, 0.2) is 22.8 Å². The molecule has 206 valence electrons.